The molecule has 6 heteroatoms. The monoisotopic (exact) mass is 328 g/mol. The van der Waals surface area contributed by atoms with Crippen LogP contribution in [0.25, 0.3) is 5.69 Å². The topological polar surface area (TPSA) is 59.4 Å². The van der Waals surface area contributed by atoms with Crippen LogP contribution in [0.4, 0.5) is 10.5 Å². The summed E-state index contributed by atoms with van der Waals surface area (Å²) < 4.78 is 7.32. The van der Waals surface area contributed by atoms with E-state index in [0.29, 0.717) is 13.1 Å². The molecule has 1 aromatic carbocycles. The first kappa shape index (κ1) is 16.5. The SMILES string of the molecule is CO[C@@H]1CCN(C(=O)Nc2ccc(-n3cccn3)cc2)CC1(C)C. The van der Waals surface area contributed by atoms with Gasteiger partial charge in [0.25, 0.3) is 0 Å². The van der Waals surface area contributed by atoms with E-state index in [4.69, 9.17) is 4.74 Å². The maximum absolute atomic E-state index is 12.5. The van der Waals surface area contributed by atoms with Crippen molar-refractivity contribution in [1.29, 1.82) is 0 Å². The Bertz CT molecular complexity index is 680. The van der Waals surface area contributed by atoms with Crippen LogP contribution in [0.2, 0.25) is 0 Å². The van der Waals surface area contributed by atoms with Gasteiger partial charge >= 0.3 is 6.03 Å². The highest BCUT2D eigenvalue weighted by Gasteiger charge is 2.37. The predicted molar refractivity (Wildman–Crippen MR) is 93.4 cm³/mol. The maximum Gasteiger partial charge on any atom is 0.321 e. The quantitative estimate of drug-likeness (QED) is 0.941. The van der Waals surface area contributed by atoms with Crippen LogP contribution >= 0.6 is 0 Å². The van der Waals surface area contributed by atoms with Gasteiger partial charge in [0.2, 0.25) is 0 Å². The molecule has 1 saturated heterocycles. The third-order valence-corrected chi connectivity index (χ3v) is 4.59. The smallest absolute Gasteiger partial charge is 0.321 e. The van der Waals surface area contributed by atoms with Gasteiger partial charge in [-0.1, -0.05) is 13.8 Å². The number of nitrogens with zero attached hydrogens (tertiary/aromatic N) is 3. The molecule has 128 valence electrons. The van der Waals surface area contributed by atoms with Crippen LogP contribution in [0.15, 0.2) is 42.7 Å². The third kappa shape index (κ3) is 3.43. The van der Waals surface area contributed by atoms with E-state index in [1.54, 1.807) is 18.0 Å². The van der Waals surface area contributed by atoms with E-state index >= 15 is 0 Å². The second-order valence-electron chi connectivity index (χ2n) is 6.85. The van der Waals surface area contributed by atoms with Gasteiger partial charge in [0.1, 0.15) is 0 Å². The average Bonchev–Trinajstić information content (AvgIpc) is 3.09. The molecule has 1 aliphatic rings. The molecule has 1 aliphatic heterocycles. The highest BCUT2D eigenvalue weighted by Crippen LogP contribution is 2.31. The van der Waals surface area contributed by atoms with Crippen molar-refractivity contribution in [3.05, 3.63) is 42.7 Å². The number of ether oxygens (including phenoxy) is 1. The molecule has 2 heterocycles. The van der Waals surface area contributed by atoms with Crippen molar-refractivity contribution in [1.82, 2.24) is 14.7 Å². The second kappa shape index (κ2) is 6.65. The zero-order valence-electron chi connectivity index (χ0n) is 14.4. The maximum atomic E-state index is 12.5. The van der Waals surface area contributed by atoms with Crippen LogP contribution in [0.3, 0.4) is 0 Å². The largest absolute Gasteiger partial charge is 0.381 e. The number of benzene rings is 1. The normalized spacial score (nSPS) is 20.0. The summed E-state index contributed by atoms with van der Waals surface area (Å²) in [7, 11) is 1.74. The number of urea groups is 1. The van der Waals surface area contributed by atoms with Crippen molar-refractivity contribution in [3.8, 4) is 5.69 Å². The molecule has 2 amide bonds. The Labute approximate surface area is 142 Å². The van der Waals surface area contributed by atoms with Crippen LogP contribution < -0.4 is 5.32 Å². The van der Waals surface area contributed by atoms with Crippen LogP contribution in [0.5, 0.6) is 0 Å². The summed E-state index contributed by atoms with van der Waals surface area (Å²) in [4.78, 5) is 14.4. The molecule has 0 aliphatic carbocycles. The predicted octanol–water partition coefficient (Wildman–Crippen LogP) is 3.15. The Hall–Kier alpha value is -2.34. The number of aromatic nitrogens is 2. The summed E-state index contributed by atoms with van der Waals surface area (Å²) in [6, 6.07) is 9.46. The molecule has 0 spiro atoms. The zero-order chi connectivity index (χ0) is 17.2. The number of hydrogen-bond acceptors (Lipinski definition) is 3. The number of hydrogen-bond donors (Lipinski definition) is 1. The average molecular weight is 328 g/mol. The summed E-state index contributed by atoms with van der Waals surface area (Å²) in [6.45, 7) is 5.67. The molecule has 0 unspecified atom stereocenters. The third-order valence-electron chi connectivity index (χ3n) is 4.59. The molecule has 1 N–H and O–H groups in total. The fourth-order valence-corrected chi connectivity index (χ4v) is 3.27. The van der Waals surface area contributed by atoms with Crippen LogP contribution in [0, 0.1) is 5.41 Å². The Morgan fingerprint density at radius 1 is 1.33 bits per heavy atom. The Morgan fingerprint density at radius 3 is 2.67 bits per heavy atom. The molecule has 24 heavy (non-hydrogen) atoms. The molecular formula is C18H24N4O2. The van der Waals surface area contributed by atoms with Crippen LogP contribution in [-0.4, -0.2) is 47.0 Å². The van der Waals surface area contributed by atoms with Crippen molar-refractivity contribution in [2.75, 3.05) is 25.5 Å². The second-order valence-corrected chi connectivity index (χ2v) is 6.85. The minimum absolute atomic E-state index is 0.0473. The fourth-order valence-electron chi connectivity index (χ4n) is 3.27. The van der Waals surface area contributed by atoms with E-state index in [1.165, 1.54) is 0 Å². The summed E-state index contributed by atoms with van der Waals surface area (Å²) >= 11 is 0. The van der Waals surface area contributed by atoms with Crippen molar-refractivity contribution >= 4 is 11.7 Å². The Kier molecular flexibility index (Phi) is 4.57. The Morgan fingerprint density at radius 2 is 2.08 bits per heavy atom. The van der Waals surface area contributed by atoms with E-state index < -0.39 is 0 Å². The minimum Gasteiger partial charge on any atom is -0.381 e. The van der Waals surface area contributed by atoms with Gasteiger partial charge in [0.05, 0.1) is 11.8 Å². The van der Waals surface area contributed by atoms with E-state index in [2.05, 4.69) is 24.3 Å². The van der Waals surface area contributed by atoms with Gasteiger partial charge in [-0.05, 0) is 36.8 Å². The van der Waals surface area contributed by atoms with Crippen LogP contribution in [-0.2, 0) is 4.74 Å². The molecule has 1 aromatic heterocycles. The first-order chi connectivity index (χ1) is 11.5. The molecule has 1 atom stereocenters. The first-order valence-corrected chi connectivity index (χ1v) is 8.18. The number of amides is 2. The molecule has 3 rings (SSSR count). The lowest BCUT2D eigenvalue weighted by Gasteiger charge is -2.43. The first-order valence-electron chi connectivity index (χ1n) is 8.18. The van der Waals surface area contributed by atoms with Crippen molar-refractivity contribution < 1.29 is 9.53 Å². The van der Waals surface area contributed by atoms with Crippen molar-refractivity contribution in [2.45, 2.75) is 26.4 Å². The molecule has 0 radical (unpaired) electrons. The van der Waals surface area contributed by atoms with E-state index in [1.807, 2.05) is 41.4 Å². The highest BCUT2D eigenvalue weighted by molar-refractivity contribution is 5.89. The fraction of sp³-hybridized carbons (Fsp3) is 0.444. The summed E-state index contributed by atoms with van der Waals surface area (Å²) in [5.74, 6) is 0. The van der Waals surface area contributed by atoms with Gasteiger partial charge in [0.15, 0.2) is 0 Å². The number of carbonyl (C=O) groups excluding carboxylic acids is 1. The molecule has 1 fully saturated rings. The molecule has 2 aromatic rings. The van der Waals surface area contributed by atoms with Gasteiger partial charge in [-0.25, -0.2) is 9.48 Å². The molecule has 6 nitrogen and oxygen atoms in total. The molecule has 0 bridgehead atoms. The van der Waals surface area contributed by atoms with Gasteiger partial charge in [-0.2, -0.15) is 5.10 Å². The number of carbonyl (C=O) groups is 1. The number of piperidine rings is 1. The highest BCUT2D eigenvalue weighted by atomic mass is 16.5. The van der Waals surface area contributed by atoms with E-state index in [9.17, 15) is 4.79 Å². The number of likely N-dealkylation sites (tertiary alicyclic amines) is 1. The van der Waals surface area contributed by atoms with E-state index in [0.717, 1.165) is 17.8 Å². The molecule has 0 saturated carbocycles. The van der Waals surface area contributed by atoms with E-state index in [-0.39, 0.29) is 17.6 Å². The minimum atomic E-state index is -0.0653. The standard InChI is InChI=1S/C18H24N4O2/c1-18(2)13-21(12-9-16(18)24-3)17(23)20-14-5-7-15(8-6-14)22-11-4-10-19-22/h4-8,10-11,16H,9,12-13H2,1-3H3,(H,20,23)/t16-/m1/s1. The summed E-state index contributed by atoms with van der Waals surface area (Å²) in [5.41, 5.74) is 1.69. The van der Waals surface area contributed by atoms with Crippen molar-refractivity contribution in [3.63, 3.8) is 0 Å². The number of nitrogens with one attached hydrogen (secondary N) is 1. The number of methoxy groups -OCH3 is 1. The Balaban J connectivity index is 1.63. The number of rotatable bonds is 3. The van der Waals surface area contributed by atoms with Gasteiger partial charge in [-0.15, -0.1) is 0 Å². The van der Waals surface area contributed by atoms with Gasteiger partial charge < -0.3 is 15.0 Å². The summed E-state index contributed by atoms with van der Waals surface area (Å²) in [5, 5.41) is 7.16. The molecular weight excluding hydrogens is 304 g/mol. The zero-order valence-corrected chi connectivity index (χ0v) is 14.4. The van der Waals surface area contributed by atoms with Gasteiger partial charge in [-0.3, -0.25) is 0 Å². The van der Waals surface area contributed by atoms with Gasteiger partial charge in [0, 0.05) is 43.7 Å². The summed E-state index contributed by atoms with van der Waals surface area (Å²) in [6.07, 6.45) is 4.67. The lowest BCUT2D eigenvalue weighted by molar-refractivity contribution is -0.0394. The van der Waals surface area contributed by atoms with Crippen molar-refractivity contribution in [2.24, 2.45) is 5.41 Å². The lowest BCUT2D eigenvalue weighted by atomic mass is 9.81. The number of anilines is 1. The van der Waals surface area contributed by atoms with Crippen LogP contribution in [0.1, 0.15) is 20.3 Å². The lowest BCUT2D eigenvalue weighted by Crippen LogP contribution is -2.52.